The molecule has 27 heavy (non-hydrogen) atoms. The highest BCUT2D eigenvalue weighted by Gasteiger charge is 2.10. The number of nitrogens with one attached hydrogen (secondary N) is 2. The quantitative estimate of drug-likeness (QED) is 0.263. The third-order valence-electron chi connectivity index (χ3n) is 3.93. The Hall–Kier alpha value is -2.22. The first-order valence-electron chi connectivity index (χ1n) is 7.93. The van der Waals surface area contributed by atoms with E-state index in [9.17, 15) is 4.79 Å². The summed E-state index contributed by atoms with van der Waals surface area (Å²) in [5.74, 6) is -0.334. The van der Waals surface area contributed by atoms with Crippen molar-refractivity contribution in [2.45, 2.75) is 13.0 Å². The van der Waals surface area contributed by atoms with Crippen LogP contribution in [0.5, 0.6) is 0 Å². The maximum absolute atomic E-state index is 12.2. The first kappa shape index (κ1) is 19.5. The van der Waals surface area contributed by atoms with Crippen molar-refractivity contribution in [2.24, 2.45) is 10.7 Å². The summed E-state index contributed by atoms with van der Waals surface area (Å²) >= 11 is 15.4. The number of hydrogen-bond acceptors (Lipinski definition) is 2. The summed E-state index contributed by atoms with van der Waals surface area (Å²) < 4.78 is 0.939. The summed E-state index contributed by atoms with van der Waals surface area (Å²) in [6, 6.07) is 9.17. The highest BCUT2D eigenvalue weighted by Crippen LogP contribution is 2.28. The van der Waals surface area contributed by atoms with Crippen molar-refractivity contribution in [3.05, 3.63) is 62.2 Å². The number of nitrogens with zero attached hydrogens (tertiary/aromatic N) is 1. The molecule has 3 aromatic rings. The Labute approximate surface area is 174 Å². The number of benzene rings is 2. The highest BCUT2D eigenvalue weighted by atomic mass is 79.9. The number of aliphatic imine (C=N–C) groups is 1. The van der Waals surface area contributed by atoms with Crippen LogP contribution in [-0.2, 0) is 17.8 Å². The summed E-state index contributed by atoms with van der Waals surface area (Å²) in [7, 11) is 0. The zero-order valence-electron chi connectivity index (χ0n) is 14.0. The molecule has 9 heteroatoms. The van der Waals surface area contributed by atoms with Crippen molar-refractivity contribution in [3.63, 3.8) is 0 Å². The normalized spacial score (nSPS) is 11.7. The zero-order valence-corrected chi connectivity index (χ0v) is 17.1. The van der Waals surface area contributed by atoms with E-state index in [4.69, 9.17) is 34.7 Å². The minimum absolute atomic E-state index is 0.0186. The highest BCUT2D eigenvalue weighted by molar-refractivity contribution is 9.10. The number of amides is 1. The summed E-state index contributed by atoms with van der Waals surface area (Å²) in [6.07, 6.45) is 1.94. The molecule has 2 aromatic carbocycles. The molecule has 1 heterocycles. The first-order chi connectivity index (χ1) is 12.8. The van der Waals surface area contributed by atoms with E-state index < -0.39 is 0 Å². The van der Waals surface area contributed by atoms with E-state index >= 15 is 0 Å². The molecule has 3 rings (SSSR count). The van der Waals surface area contributed by atoms with Crippen LogP contribution < -0.4 is 16.8 Å². The molecule has 0 bridgehead atoms. The van der Waals surface area contributed by atoms with Gasteiger partial charge in [0.2, 0.25) is 0 Å². The molecule has 1 aromatic heterocycles. The number of carbonyl (C=O) groups excluding carboxylic acids is 1. The molecule has 0 aliphatic heterocycles. The first-order valence-corrected chi connectivity index (χ1v) is 9.48. The zero-order chi connectivity index (χ0) is 19.6. The molecule has 1 amide bonds. The van der Waals surface area contributed by atoms with Crippen LogP contribution in [0.4, 0.5) is 5.69 Å². The second-order valence-corrected chi connectivity index (χ2v) is 7.63. The number of nitrogens with two attached hydrogens (primary N) is 2. The van der Waals surface area contributed by atoms with Gasteiger partial charge in [0.15, 0.2) is 5.96 Å². The Bertz CT molecular complexity index is 1020. The lowest BCUT2D eigenvalue weighted by Gasteiger charge is -2.08. The second kappa shape index (κ2) is 8.21. The number of aromatic amines is 1. The van der Waals surface area contributed by atoms with Crippen LogP contribution in [0.15, 0.2) is 46.0 Å². The Morgan fingerprint density at radius 2 is 1.93 bits per heavy atom. The Balaban J connectivity index is 1.65. The maximum Gasteiger partial charge on any atom is 0.253 e. The van der Waals surface area contributed by atoms with Crippen LogP contribution in [-0.4, -0.2) is 16.9 Å². The molecule has 0 atom stereocenters. The molecule has 0 spiro atoms. The molecule has 0 aliphatic rings. The smallest absolute Gasteiger partial charge is 0.253 e. The number of carbonyl (C=O) groups is 1. The van der Waals surface area contributed by atoms with Gasteiger partial charge in [0.1, 0.15) is 0 Å². The molecule has 0 saturated carbocycles. The van der Waals surface area contributed by atoms with Crippen LogP contribution in [0.3, 0.4) is 0 Å². The maximum atomic E-state index is 12.2. The van der Waals surface area contributed by atoms with Gasteiger partial charge in [-0.1, -0.05) is 39.1 Å². The fourth-order valence-corrected chi connectivity index (χ4v) is 3.50. The number of aromatic nitrogens is 1. The molecule has 0 fully saturated rings. The molecule has 0 unspecified atom stereocenters. The van der Waals surface area contributed by atoms with E-state index in [0.29, 0.717) is 22.3 Å². The number of guanidine groups is 1. The largest absolute Gasteiger partial charge is 0.396 e. The van der Waals surface area contributed by atoms with Gasteiger partial charge in [-0.3, -0.25) is 4.79 Å². The number of halogens is 3. The minimum Gasteiger partial charge on any atom is -0.396 e. The van der Waals surface area contributed by atoms with Gasteiger partial charge in [-0.2, -0.15) is 4.99 Å². The van der Waals surface area contributed by atoms with Crippen molar-refractivity contribution >= 4 is 67.6 Å². The van der Waals surface area contributed by atoms with Gasteiger partial charge in [-0.05, 0) is 41.5 Å². The van der Waals surface area contributed by atoms with Gasteiger partial charge in [0, 0.05) is 28.1 Å². The molecular weight excluding hydrogens is 453 g/mol. The number of fused-ring (bicyclic) bond motifs is 1. The SMILES string of the molecule is N/C(=N\C(=O)Cc1c[nH]c2ccc(Br)cc12)NCc1cc(Cl)c(N)c(Cl)c1. The van der Waals surface area contributed by atoms with E-state index in [1.54, 1.807) is 18.3 Å². The van der Waals surface area contributed by atoms with Crippen molar-refractivity contribution in [3.8, 4) is 0 Å². The third kappa shape index (κ3) is 4.74. The monoisotopic (exact) mass is 467 g/mol. The Kier molecular flexibility index (Phi) is 5.94. The molecule has 0 aliphatic carbocycles. The predicted molar refractivity (Wildman–Crippen MR) is 114 cm³/mol. The summed E-state index contributed by atoms with van der Waals surface area (Å²) in [5, 5.41) is 4.54. The summed E-state index contributed by atoms with van der Waals surface area (Å²) in [5.41, 5.74) is 14.4. The van der Waals surface area contributed by atoms with Crippen molar-refractivity contribution in [1.82, 2.24) is 10.3 Å². The molecular formula is C18H16BrCl2N5O. The lowest BCUT2D eigenvalue weighted by Crippen LogP contribution is -2.32. The number of anilines is 1. The van der Waals surface area contributed by atoms with Crippen molar-refractivity contribution in [1.29, 1.82) is 0 Å². The fraction of sp³-hybridized carbons (Fsp3) is 0.111. The van der Waals surface area contributed by atoms with Gasteiger partial charge in [-0.15, -0.1) is 0 Å². The lowest BCUT2D eigenvalue weighted by molar-refractivity contribution is -0.117. The Morgan fingerprint density at radius 1 is 1.22 bits per heavy atom. The van der Waals surface area contributed by atoms with E-state index in [1.807, 2.05) is 18.2 Å². The summed E-state index contributed by atoms with van der Waals surface area (Å²) in [4.78, 5) is 19.2. The van der Waals surface area contributed by atoms with E-state index in [0.717, 1.165) is 26.5 Å². The second-order valence-electron chi connectivity index (χ2n) is 5.90. The molecule has 6 N–H and O–H groups in total. The molecule has 0 saturated heterocycles. The fourth-order valence-electron chi connectivity index (χ4n) is 2.60. The topological polar surface area (TPSA) is 109 Å². The average Bonchev–Trinajstić information content (AvgIpc) is 2.99. The standard InChI is InChI=1S/C18H16BrCl2N5O/c19-11-1-2-15-12(6-11)10(8-24-15)5-16(27)26-18(23)25-7-9-3-13(20)17(22)14(21)4-9/h1-4,6,8,24H,5,7,22H2,(H3,23,25,26,27). The van der Waals surface area contributed by atoms with Gasteiger partial charge >= 0.3 is 0 Å². The van der Waals surface area contributed by atoms with Crippen LogP contribution in [0.1, 0.15) is 11.1 Å². The number of H-pyrrole nitrogens is 1. The molecule has 6 nitrogen and oxygen atoms in total. The van der Waals surface area contributed by atoms with Gasteiger partial charge in [-0.25, -0.2) is 0 Å². The van der Waals surface area contributed by atoms with E-state index in [-0.39, 0.29) is 18.3 Å². The predicted octanol–water partition coefficient (Wildman–Crippen LogP) is 3.99. The van der Waals surface area contributed by atoms with Crippen molar-refractivity contribution in [2.75, 3.05) is 5.73 Å². The van der Waals surface area contributed by atoms with Gasteiger partial charge in [0.05, 0.1) is 22.2 Å². The van der Waals surface area contributed by atoms with Crippen LogP contribution in [0.2, 0.25) is 10.0 Å². The average molecular weight is 469 g/mol. The van der Waals surface area contributed by atoms with Gasteiger partial charge in [0.25, 0.3) is 5.91 Å². The Morgan fingerprint density at radius 3 is 2.63 bits per heavy atom. The van der Waals surface area contributed by atoms with Crippen LogP contribution in [0, 0.1) is 0 Å². The van der Waals surface area contributed by atoms with Crippen molar-refractivity contribution < 1.29 is 4.79 Å². The van der Waals surface area contributed by atoms with Crippen LogP contribution >= 0.6 is 39.1 Å². The van der Waals surface area contributed by atoms with E-state index in [1.165, 1.54) is 0 Å². The number of nitrogen functional groups attached to an aromatic ring is 1. The third-order valence-corrected chi connectivity index (χ3v) is 5.05. The van der Waals surface area contributed by atoms with Crippen LogP contribution in [0.25, 0.3) is 10.9 Å². The van der Waals surface area contributed by atoms with Gasteiger partial charge < -0.3 is 21.8 Å². The lowest BCUT2D eigenvalue weighted by atomic mass is 10.1. The summed E-state index contributed by atoms with van der Waals surface area (Å²) in [6.45, 7) is 0.308. The minimum atomic E-state index is -0.353. The number of rotatable bonds is 4. The number of hydrogen-bond donors (Lipinski definition) is 4. The molecule has 140 valence electrons. The van der Waals surface area contributed by atoms with E-state index in [2.05, 4.69) is 31.2 Å². The molecule has 0 radical (unpaired) electrons.